The highest BCUT2D eigenvalue weighted by Gasteiger charge is 2.11. The van der Waals surface area contributed by atoms with Gasteiger partial charge in [0.15, 0.2) is 11.6 Å². The molecule has 0 radical (unpaired) electrons. The summed E-state index contributed by atoms with van der Waals surface area (Å²) in [6.07, 6.45) is 5.23. The van der Waals surface area contributed by atoms with Crippen LogP contribution in [-0.2, 0) is 0 Å². The third-order valence-electron chi connectivity index (χ3n) is 3.14. The minimum atomic E-state index is 0.614. The number of hydrogen-bond donors (Lipinski definition) is 1. The van der Waals surface area contributed by atoms with E-state index in [4.69, 9.17) is 0 Å². The first-order valence-electron chi connectivity index (χ1n) is 6.74. The lowest BCUT2D eigenvalue weighted by molar-refractivity contribution is 1.18. The minimum Gasteiger partial charge on any atom is -0.339 e. The van der Waals surface area contributed by atoms with E-state index in [2.05, 4.69) is 25.3 Å². The van der Waals surface area contributed by atoms with Crippen LogP contribution in [0.4, 0.5) is 11.5 Å². The van der Waals surface area contributed by atoms with E-state index >= 15 is 0 Å². The number of thiophene rings is 1. The van der Waals surface area contributed by atoms with Gasteiger partial charge in [-0.05, 0) is 35.7 Å². The van der Waals surface area contributed by atoms with Gasteiger partial charge in [-0.15, -0.1) is 11.3 Å². The average molecular weight is 305 g/mol. The van der Waals surface area contributed by atoms with Crippen LogP contribution in [0.15, 0.2) is 60.4 Å². The summed E-state index contributed by atoms with van der Waals surface area (Å²) in [4.78, 5) is 17.6. The summed E-state index contributed by atoms with van der Waals surface area (Å²) >= 11 is 1.61. The van der Waals surface area contributed by atoms with Crippen LogP contribution in [0.1, 0.15) is 0 Å². The molecule has 0 aliphatic heterocycles. The molecule has 0 aromatic carbocycles. The third kappa shape index (κ3) is 2.40. The number of nitrogens with zero attached hydrogens (tertiary/aromatic N) is 4. The zero-order chi connectivity index (χ0) is 14.8. The molecule has 4 aromatic rings. The molecule has 0 amide bonds. The maximum atomic E-state index is 4.64. The van der Waals surface area contributed by atoms with E-state index in [1.807, 2.05) is 41.8 Å². The summed E-state index contributed by atoms with van der Waals surface area (Å²) in [6, 6.07) is 11.5. The highest BCUT2D eigenvalue weighted by Crippen LogP contribution is 2.30. The smallest absolute Gasteiger partial charge is 0.180 e. The zero-order valence-electron chi connectivity index (χ0n) is 11.5. The third-order valence-corrected chi connectivity index (χ3v) is 4.05. The summed E-state index contributed by atoms with van der Waals surface area (Å²) in [5.74, 6) is 1.40. The molecule has 0 aliphatic rings. The second-order valence-electron chi connectivity index (χ2n) is 4.61. The van der Waals surface area contributed by atoms with Crippen molar-refractivity contribution < 1.29 is 0 Å². The molecule has 0 saturated heterocycles. The van der Waals surface area contributed by atoms with Gasteiger partial charge in [0.2, 0.25) is 0 Å². The lowest BCUT2D eigenvalue weighted by Crippen LogP contribution is -1.98. The summed E-state index contributed by atoms with van der Waals surface area (Å²) in [5, 5.41) is 5.35. The van der Waals surface area contributed by atoms with E-state index in [-0.39, 0.29) is 0 Å². The van der Waals surface area contributed by atoms with Crippen molar-refractivity contribution in [2.45, 2.75) is 0 Å². The van der Waals surface area contributed by atoms with Gasteiger partial charge in [0.05, 0.1) is 10.2 Å². The number of anilines is 2. The van der Waals surface area contributed by atoms with E-state index in [0.717, 1.165) is 27.4 Å². The largest absolute Gasteiger partial charge is 0.339 e. The fraction of sp³-hybridized carbons (Fsp3) is 0. The van der Waals surface area contributed by atoms with Crippen molar-refractivity contribution >= 4 is 33.1 Å². The number of nitrogens with one attached hydrogen (secondary N) is 1. The Hall–Kier alpha value is -2.86. The number of pyridine rings is 2. The summed E-state index contributed by atoms with van der Waals surface area (Å²) in [6.45, 7) is 0. The van der Waals surface area contributed by atoms with E-state index < -0.39 is 0 Å². The molecule has 4 rings (SSSR count). The Balaban J connectivity index is 1.84. The zero-order valence-corrected chi connectivity index (χ0v) is 12.3. The van der Waals surface area contributed by atoms with E-state index in [0.29, 0.717) is 5.82 Å². The van der Waals surface area contributed by atoms with Gasteiger partial charge in [0.25, 0.3) is 0 Å². The van der Waals surface area contributed by atoms with Crippen molar-refractivity contribution in [2.24, 2.45) is 0 Å². The molecule has 106 valence electrons. The van der Waals surface area contributed by atoms with Gasteiger partial charge >= 0.3 is 0 Å². The fourth-order valence-electron chi connectivity index (χ4n) is 2.13. The van der Waals surface area contributed by atoms with Gasteiger partial charge in [0, 0.05) is 24.3 Å². The van der Waals surface area contributed by atoms with Crippen LogP contribution in [0.25, 0.3) is 21.7 Å². The van der Waals surface area contributed by atoms with Crippen LogP contribution in [0.2, 0.25) is 0 Å². The van der Waals surface area contributed by atoms with Crippen LogP contribution < -0.4 is 5.32 Å². The van der Waals surface area contributed by atoms with Gasteiger partial charge < -0.3 is 5.32 Å². The standard InChI is InChI=1S/C16H11N5S/c1-2-7-18-13(3-1)15-20-12-6-10-22-14(12)16(21-15)19-11-4-8-17-9-5-11/h1-10H,(H,17,19,20,21). The molecular formula is C16H11N5S. The second-order valence-corrected chi connectivity index (χ2v) is 5.52. The molecule has 0 bridgehead atoms. The van der Waals surface area contributed by atoms with Crippen molar-refractivity contribution in [1.82, 2.24) is 19.9 Å². The van der Waals surface area contributed by atoms with Crippen molar-refractivity contribution in [3.8, 4) is 11.5 Å². The topological polar surface area (TPSA) is 63.6 Å². The fourth-order valence-corrected chi connectivity index (χ4v) is 2.91. The van der Waals surface area contributed by atoms with Gasteiger partial charge in [0.1, 0.15) is 5.69 Å². The van der Waals surface area contributed by atoms with E-state index in [1.54, 1.807) is 29.9 Å². The molecule has 22 heavy (non-hydrogen) atoms. The first-order valence-corrected chi connectivity index (χ1v) is 7.62. The lowest BCUT2D eigenvalue weighted by Gasteiger charge is -2.08. The first kappa shape index (κ1) is 12.8. The Morgan fingerprint density at radius 1 is 0.909 bits per heavy atom. The molecule has 1 N–H and O–H groups in total. The summed E-state index contributed by atoms with van der Waals surface area (Å²) in [7, 11) is 0. The monoisotopic (exact) mass is 305 g/mol. The Kier molecular flexibility index (Phi) is 3.21. The van der Waals surface area contributed by atoms with Crippen molar-refractivity contribution in [2.75, 3.05) is 5.32 Å². The number of rotatable bonds is 3. The highest BCUT2D eigenvalue weighted by atomic mass is 32.1. The highest BCUT2D eigenvalue weighted by molar-refractivity contribution is 7.17. The SMILES string of the molecule is c1ccc(-c2nc(Nc3ccncc3)c3sccc3n2)nc1. The van der Waals surface area contributed by atoms with Gasteiger partial charge in [-0.2, -0.15) is 0 Å². The average Bonchev–Trinajstić information content (AvgIpc) is 3.05. The summed E-state index contributed by atoms with van der Waals surface area (Å²) in [5.41, 5.74) is 2.61. The predicted molar refractivity (Wildman–Crippen MR) is 88.2 cm³/mol. The van der Waals surface area contributed by atoms with E-state index in [1.165, 1.54) is 0 Å². The maximum Gasteiger partial charge on any atom is 0.180 e. The Bertz CT molecular complexity index is 906. The first-order chi connectivity index (χ1) is 10.9. The lowest BCUT2D eigenvalue weighted by atomic mass is 10.3. The van der Waals surface area contributed by atoms with Crippen LogP contribution in [0.3, 0.4) is 0 Å². The molecule has 0 spiro atoms. The van der Waals surface area contributed by atoms with Crippen LogP contribution in [0.5, 0.6) is 0 Å². The minimum absolute atomic E-state index is 0.614. The molecule has 4 heterocycles. The number of aromatic nitrogens is 4. The Morgan fingerprint density at radius 2 is 1.82 bits per heavy atom. The van der Waals surface area contributed by atoms with Crippen molar-refractivity contribution in [3.05, 3.63) is 60.4 Å². The van der Waals surface area contributed by atoms with Crippen molar-refractivity contribution in [1.29, 1.82) is 0 Å². The molecule has 0 saturated carbocycles. The maximum absolute atomic E-state index is 4.64. The Labute approximate surface area is 130 Å². The van der Waals surface area contributed by atoms with Crippen molar-refractivity contribution in [3.63, 3.8) is 0 Å². The molecule has 0 fully saturated rings. The molecular weight excluding hydrogens is 294 g/mol. The molecule has 4 aromatic heterocycles. The van der Waals surface area contributed by atoms with Gasteiger partial charge in [-0.3, -0.25) is 9.97 Å². The number of fused-ring (bicyclic) bond motifs is 1. The second kappa shape index (κ2) is 5.50. The summed E-state index contributed by atoms with van der Waals surface area (Å²) < 4.78 is 1.02. The molecule has 0 unspecified atom stereocenters. The molecule has 6 heteroatoms. The Morgan fingerprint density at radius 3 is 2.64 bits per heavy atom. The van der Waals surface area contributed by atoms with Gasteiger partial charge in [-0.1, -0.05) is 6.07 Å². The molecule has 5 nitrogen and oxygen atoms in total. The molecule has 0 atom stereocenters. The quantitative estimate of drug-likeness (QED) is 0.622. The number of hydrogen-bond acceptors (Lipinski definition) is 6. The van der Waals surface area contributed by atoms with E-state index in [9.17, 15) is 0 Å². The normalized spacial score (nSPS) is 10.7. The predicted octanol–water partition coefficient (Wildman–Crippen LogP) is 3.89. The van der Waals surface area contributed by atoms with Crippen LogP contribution in [-0.4, -0.2) is 19.9 Å². The molecule has 0 aliphatic carbocycles. The van der Waals surface area contributed by atoms with Gasteiger partial charge in [-0.25, -0.2) is 9.97 Å². The van der Waals surface area contributed by atoms with Crippen LogP contribution >= 0.6 is 11.3 Å². The van der Waals surface area contributed by atoms with Crippen LogP contribution in [0, 0.1) is 0 Å².